The van der Waals surface area contributed by atoms with Crippen molar-refractivity contribution in [3.05, 3.63) is 60.5 Å². The van der Waals surface area contributed by atoms with Crippen LogP contribution < -0.4 is 4.57 Å². The summed E-state index contributed by atoms with van der Waals surface area (Å²) < 4.78 is 13.0. The van der Waals surface area contributed by atoms with Gasteiger partial charge in [0.1, 0.15) is 6.54 Å². The first-order chi connectivity index (χ1) is 14.0. The van der Waals surface area contributed by atoms with Gasteiger partial charge in [-0.2, -0.15) is 0 Å². The molecule has 0 aliphatic carbocycles. The minimum absolute atomic E-state index is 0.0170. The summed E-state index contributed by atoms with van der Waals surface area (Å²) in [5.41, 5.74) is 5.47. The highest BCUT2D eigenvalue weighted by Gasteiger charge is 2.11. The summed E-state index contributed by atoms with van der Waals surface area (Å²) >= 11 is 1.65. The van der Waals surface area contributed by atoms with Crippen LogP contribution in [0.3, 0.4) is 0 Å². The van der Waals surface area contributed by atoms with Crippen LogP contribution in [0.15, 0.2) is 60.5 Å². The van der Waals surface area contributed by atoms with Crippen molar-refractivity contribution in [1.82, 2.24) is 4.98 Å². The Morgan fingerprint density at radius 3 is 2.03 bits per heavy atom. The Bertz CT molecular complexity index is 906. The van der Waals surface area contributed by atoms with Crippen molar-refractivity contribution in [2.75, 3.05) is 6.16 Å². The third kappa shape index (κ3) is 7.48. The average molecular weight is 432 g/mol. The number of aryl methyl sites for hydroxylation is 1. The normalized spacial score (nSPS) is 11.7. The fourth-order valence-electron chi connectivity index (χ4n) is 3.30. The Kier molecular flexibility index (Phi) is 8.13. The smallest absolute Gasteiger partial charge is 0.324 e. The quantitative estimate of drug-likeness (QED) is 0.246. The van der Waals surface area contributed by atoms with E-state index in [0.29, 0.717) is 6.42 Å². The minimum atomic E-state index is -3.81. The largest absolute Gasteiger partial charge is 0.325 e. The van der Waals surface area contributed by atoms with Crippen LogP contribution in [0.5, 0.6) is 0 Å². The maximum absolute atomic E-state index is 10.8. The fourth-order valence-corrected chi connectivity index (χ4v) is 4.57. The van der Waals surface area contributed by atoms with E-state index < -0.39 is 7.60 Å². The number of hydrogen-bond donors (Lipinski definition) is 2. The highest BCUT2D eigenvalue weighted by Crippen LogP contribution is 2.35. The maximum atomic E-state index is 10.8. The molecule has 1 aromatic carbocycles. The molecule has 2 heterocycles. The predicted molar refractivity (Wildman–Crippen MR) is 118 cm³/mol. The van der Waals surface area contributed by atoms with Crippen molar-refractivity contribution >= 4 is 18.9 Å². The Morgan fingerprint density at radius 2 is 1.41 bits per heavy atom. The van der Waals surface area contributed by atoms with Crippen LogP contribution >= 0.6 is 18.9 Å². The molecule has 29 heavy (non-hydrogen) atoms. The van der Waals surface area contributed by atoms with E-state index in [1.807, 2.05) is 11.7 Å². The van der Waals surface area contributed by atoms with Gasteiger partial charge in [-0.15, -0.1) is 11.3 Å². The molecule has 0 bridgehead atoms. The van der Waals surface area contributed by atoms with Crippen molar-refractivity contribution in [3.63, 3.8) is 0 Å². The summed E-state index contributed by atoms with van der Waals surface area (Å²) in [5.74, 6) is 0. The lowest BCUT2D eigenvalue weighted by molar-refractivity contribution is -0.697. The first-order valence-corrected chi connectivity index (χ1v) is 12.7. The van der Waals surface area contributed by atoms with E-state index in [-0.39, 0.29) is 6.16 Å². The van der Waals surface area contributed by atoms with Gasteiger partial charge in [-0.25, -0.2) is 4.57 Å². The van der Waals surface area contributed by atoms with Gasteiger partial charge in [0.05, 0.1) is 10.4 Å². The Labute approximate surface area is 176 Å². The van der Waals surface area contributed by atoms with Crippen molar-refractivity contribution < 1.29 is 18.9 Å². The first-order valence-electron chi connectivity index (χ1n) is 10.0. The molecule has 0 amide bonds. The number of pyridine rings is 1. The van der Waals surface area contributed by atoms with Crippen LogP contribution in [-0.2, 0) is 11.1 Å². The van der Waals surface area contributed by atoms with Crippen LogP contribution in [-0.4, -0.2) is 20.9 Å². The highest BCUT2D eigenvalue weighted by molar-refractivity contribution is 7.51. The molecule has 0 spiro atoms. The van der Waals surface area contributed by atoms with Crippen LogP contribution in [0.25, 0.3) is 21.6 Å². The molecule has 154 valence electrons. The molecule has 0 saturated heterocycles. The predicted octanol–water partition coefficient (Wildman–Crippen LogP) is 5.28. The summed E-state index contributed by atoms with van der Waals surface area (Å²) in [7, 11) is -3.81. The van der Waals surface area contributed by atoms with Crippen molar-refractivity contribution in [1.29, 1.82) is 0 Å². The summed E-state index contributed by atoms with van der Waals surface area (Å²) in [6.07, 6.45) is 12.1. The van der Waals surface area contributed by atoms with E-state index in [1.54, 1.807) is 11.3 Å². The minimum Gasteiger partial charge on any atom is -0.324 e. The molecule has 3 rings (SSSR count). The Balaban J connectivity index is 1.38. The molecule has 0 unspecified atom stereocenters. The number of rotatable bonds is 11. The van der Waals surface area contributed by atoms with Gasteiger partial charge in [-0.3, -0.25) is 9.55 Å². The van der Waals surface area contributed by atoms with Crippen molar-refractivity contribution in [2.24, 2.45) is 0 Å². The highest BCUT2D eigenvalue weighted by atomic mass is 32.1. The Morgan fingerprint density at radius 1 is 0.828 bits per heavy atom. The van der Waals surface area contributed by atoms with Gasteiger partial charge in [-0.05, 0) is 29.5 Å². The molecule has 0 saturated carbocycles. The number of unbranched alkanes of at least 4 members (excludes halogenated alkanes) is 5. The number of hydrogen-bond acceptors (Lipinski definition) is 3. The summed E-state index contributed by atoms with van der Waals surface area (Å²) in [6, 6.07) is 12.9. The van der Waals surface area contributed by atoms with Gasteiger partial charge in [0.15, 0.2) is 12.4 Å². The van der Waals surface area contributed by atoms with E-state index in [1.165, 1.54) is 21.6 Å². The van der Waals surface area contributed by atoms with Crippen molar-refractivity contribution in [2.45, 2.75) is 45.1 Å². The second kappa shape index (κ2) is 10.8. The second-order valence-corrected chi connectivity index (χ2v) is 9.94. The second-order valence-electron chi connectivity index (χ2n) is 7.28. The standard InChI is InChI=1S/C22H27N2O3PS/c25-28(26,27)16-6-4-2-1-3-5-13-24-14-11-20(12-15-24)19-7-9-21(10-8-19)22-17-23-18-29-22/h7-12,14-15,17-18H,1-6,13,16H2,(H-,25,26,27)/p+1. The van der Waals surface area contributed by atoms with Crippen LogP contribution in [0, 0.1) is 0 Å². The molecule has 0 fully saturated rings. The van der Waals surface area contributed by atoms with E-state index in [0.717, 1.165) is 38.6 Å². The SMILES string of the molecule is O=P(O)(O)CCCCCCCC[n+]1ccc(-c2ccc(-c3cncs3)cc2)cc1. The lowest BCUT2D eigenvalue weighted by Gasteiger charge is -2.04. The zero-order valence-electron chi connectivity index (χ0n) is 16.5. The molecule has 5 nitrogen and oxygen atoms in total. The molecule has 2 aromatic heterocycles. The maximum Gasteiger partial charge on any atom is 0.325 e. The average Bonchev–Trinajstić information content (AvgIpc) is 3.25. The van der Waals surface area contributed by atoms with Gasteiger partial charge in [0, 0.05) is 30.9 Å². The molecular formula is C22H28N2O3PS+. The molecule has 0 atom stereocenters. The lowest BCUT2D eigenvalue weighted by Crippen LogP contribution is -2.32. The molecule has 7 heteroatoms. The van der Waals surface area contributed by atoms with Gasteiger partial charge >= 0.3 is 7.60 Å². The third-order valence-corrected chi connectivity index (χ3v) is 6.66. The molecule has 0 aliphatic rings. The molecule has 0 aliphatic heterocycles. The van der Waals surface area contributed by atoms with Gasteiger partial charge in [0.2, 0.25) is 0 Å². The van der Waals surface area contributed by atoms with E-state index in [2.05, 4.69) is 58.3 Å². The van der Waals surface area contributed by atoms with Crippen LogP contribution in [0.2, 0.25) is 0 Å². The number of thiazole rings is 1. The fraction of sp³-hybridized carbons (Fsp3) is 0.364. The van der Waals surface area contributed by atoms with Crippen LogP contribution in [0.4, 0.5) is 0 Å². The zero-order chi connectivity index (χ0) is 20.5. The van der Waals surface area contributed by atoms with Gasteiger partial charge in [-0.1, -0.05) is 43.5 Å². The van der Waals surface area contributed by atoms with Gasteiger partial charge < -0.3 is 9.79 Å². The zero-order valence-corrected chi connectivity index (χ0v) is 18.2. The Hall–Kier alpha value is -1.85. The third-order valence-electron chi connectivity index (χ3n) is 4.94. The monoisotopic (exact) mass is 431 g/mol. The van der Waals surface area contributed by atoms with E-state index in [4.69, 9.17) is 9.79 Å². The molecule has 2 N–H and O–H groups in total. The molecule has 0 radical (unpaired) electrons. The molecular weight excluding hydrogens is 403 g/mol. The van der Waals surface area contributed by atoms with E-state index >= 15 is 0 Å². The number of aromatic nitrogens is 2. The van der Waals surface area contributed by atoms with Crippen molar-refractivity contribution in [3.8, 4) is 21.6 Å². The molecule has 3 aromatic rings. The number of nitrogens with zero attached hydrogens (tertiary/aromatic N) is 2. The topological polar surface area (TPSA) is 74.3 Å². The van der Waals surface area contributed by atoms with E-state index in [9.17, 15) is 4.57 Å². The van der Waals surface area contributed by atoms with Crippen LogP contribution in [0.1, 0.15) is 38.5 Å². The van der Waals surface area contributed by atoms with Gasteiger partial charge in [0.25, 0.3) is 0 Å². The summed E-state index contributed by atoms with van der Waals surface area (Å²) in [4.78, 5) is 23.0. The lowest BCUT2D eigenvalue weighted by atomic mass is 10.0. The summed E-state index contributed by atoms with van der Waals surface area (Å²) in [5, 5.41) is 0. The summed E-state index contributed by atoms with van der Waals surface area (Å²) in [6.45, 7) is 0.993. The first kappa shape index (κ1) is 21.8. The number of benzene rings is 1.